The zero-order valence-electron chi connectivity index (χ0n) is 16.4. The molecule has 0 unspecified atom stereocenters. The van der Waals surface area contributed by atoms with Crippen molar-refractivity contribution >= 4 is 16.9 Å². The Hall–Kier alpha value is -3.61. The number of rotatable bonds is 6. The van der Waals surface area contributed by atoms with E-state index in [9.17, 15) is 4.79 Å². The molecule has 0 atom stereocenters. The van der Waals surface area contributed by atoms with Crippen LogP contribution >= 0.6 is 0 Å². The van der Waals surface area contributed by atoms with Crippen molar-refractivity contribution in [3.8, 4) is 17.2 Å². The van der Waals surface area contributed by atoms with Crippen LogP contribution in [-0.4, -0.2) is 22.8 Å². The quantitative estimate of drug-likeness (QED) is 0.433. The average Bonchev–Trinajstić information content (AvgIpc) is 3.32. The van der Waals surface area contributed by atoms with Crippen molar-refractivity contribution in [1.29, 1.82) is 0 Å². The van der Waals surface area contributed by atoms with Gasteiger partial charge in [-0.15, -0.1) is 10.2 Å². The molecule has 7 nitrogen and oxygen atoms in total. The van der Waals surface area contributed by atoms with Gasteiger partial charge in [0.15, 0.2) is 6.61 Å². The summed E-state index contributed by atoms with van der Waals surface area (Å²) in [5.74, 6) is 0.864. The number of benzene rings is 2. The Balaban J connectivity index is 1.48. The molecule has 0 N–H and O–H groups in total. The molecule has 0 fully saturated rings. The van der Waals surface area contributed by atoms with Gasteiger partial charge in [0, 0.05) is 16.5 Å². The van der Waals surface area contributed by atoms with Gasteiger partial charge in [-0.25, -0.2) is 4.79 Å². The van der Waals surface area contributed by atoms with Gasteiger partial charge in [0.1, 0.15) is 11.3 Å². The maximum atomic E-state index is 12.5. The topological polar surface area (TPSA) is 87.6 Å². The molecule has 0 saturated carbocycles. The molecule has 0 aliphatic heterocycles. The lowest BCUT2D eigenvalue weighted by Gasteiger charge is -2.01. The van der Waals surface area contributed by atoms with Crippen molar-refractivity contribution in [1.82, 2.24) is 10.2 Å². The fourth-order valence-corrected chi connectivity index (χ4v) is 3.05. The highest BCUT2D eigenvalue weighted by Gasteiger charge is 2.20. The van der Waals surface area contributed by atoms with E-state index >= 15 is 0 Å². The van der Waals surface area contributed by atoms with Crippen molar-refractivity contribution in [3.05, 3.63) is 65.2 Å². The molecule has 0 bridgehead atoms. The third-order valence-electron chi connectivity index (χ3n) is 4.46. The highest BCUT2D eigenvalue weighted by molar-refractivity contribution is 5.96. The monoisotopic (exact) mass is 392 g/mol. The molecule has 2 aromatic carbocycles. The van der Waals surface area contributed by atoms with Gasteiger partial charge in [-0.1, -0.05) is 17.7 Å². The van der Waals surface area contributed by atoms with Crippen LogP contribution in [0, 0.1) is 13.8 Å². The van der Waals surface area contributed by atoms with E-state index in [1.807, 2.05) is 44.2 Å². The summed E-state index contributed by atoms with van der Waals surface area (Å²) in [5.41, 5.74) is 3.18. The summed E-state index contributed by atoms with van der Waals surface area (Å²) in [5, 5.41) is 8.76. The number of ether oxygens (including phenoxy) is 2. The number of fused-ring (bicyclic) bond motifs is 1. The van der Waals surface area contributed by atoms with Crippen molar-refractivity contribution in [3.63, 3.8) is 0 Å². The first-order valence-corrected chi connectivity index (χ1v) is 9.27. The average molecular weight is 392 g/mol. The summed E-state index contributed by atoms with van der Waals surface area (Å²) in [6.45, 7) is 6.12. The number of furan rings is 1. The predicted molar refractivity (Wildman–Crippen MR) is 106 cm³/mol. The van der Waals surface area contributed by atoms with Crippen LogP contribution in [0.1, 0.15) is 34.5 Å². The normalized spacial score (nSPS) is 11.0. The Morgan fingerprint density at radius 2 is 1.93 bits per heavy atom. The Morgan fingerprint density at radius 3 is 2.72 bits per heavy atom. The number of hydrogen-bond donors (Lipinski definition) is 0. The molecule has 0 radical (unpaired) electrons. The van der Waals surface area contributed by atoms with Gasteiger partial charge in [0.25, 0.3) is 5.89 Å². The fourth-order valence-electron chi connectivity index (χ4n) is 3.05. The number of esters is 1. The number of hydrogen-bond acceptors (Lipinski definition) is 7. The highest BCUT2D eigenvalue weighted by atomic mass is 16.6. The summed E-state index contributed by atoms with van der Waals surface area (Å²) in [6, 6.07) is 13.1. The smallest absolute Gasteiger partial charge is 0.375 e. The summed E-state index contributed by atoms with van der Waals surface area (Å²) in [6.07, 6.45) is 0. The molecule has 0 amide bonds. The molecule has 7 heteroatoms. The lowest BCUT2D eigenvalue weighted by Crippen LogP contribution is -2.05. The van der Waals surface area contributed by atoms with E-state index in [1.165, 1.54) is 0 Å². The first kappa shape index (κ1) is 18.7. The van der Waals surface area contributed by atoms with E-state index in [1.54, 1.807) is 19.1 Å². The molecule has 29 heavy (non-hydrogen) atoms. The number of aryl methyl sites for hydroxylation is 2. The molecule has 0 aliphatic carbocycles. The van der Waals surface area contributed by atoms with Gasteiger partial charge >= 0.3 is 5.97 Å². The van der Waals surface area contributed by atoms with E-state index in [0.29, 0.717) is 23.6 Å². The Bertz CT molecular complexity index is 1180. The van der Waals surface area contributed by atoms with Gasteiger partial charge in [0.2, 0.25) is 11.7 Å². The summed E-state index contributed by atoms with van der Waals surface area (Å²) in [7, 11) is 0. The largest absolute Gasteiger partial charge is 0.494 e. The standard InChI is InChI=1S/C22H20N2O5/c1-4-26-16-8-9-18-17(11-16)14(3)20(28-18)22(25)27-12-19-23-24-21(29-19)15-7-5-6-13(2)10-15/h5-11H,4,12H2,1-3H3. The van der Waals surface area contributed by atoms with Crippen molar-refractivity contribution in [2.75, 3.05) is 6.61 Å². The zero-order valence-corrected chi connectivity index (χ0v) is 16.4. The van der Waals surface area contributed by atoms with E-state index in [0.717, 1.165) is 22.3 Å². The Kier molecular flexibility index (Phi) is 5.03. The summed E-state index contributed by atoms with van der Waals surface area (Å²) < 4.78 is 22.1. The van der Waals surface area contributed by atoms with Crippen molar-refractivity contribution in [2.45, 2.75) is 27.4 Å². The van der Waals surface area contributed by atoms with Crippen molar-refractivity contribution in [2.24, 2.45) is 0 Å². The highest BCUT2D eigenvalue weighted by Crippen LogP contribution is 2.29. The first-order valence-electron chi connectivity index (χ1n) is 9.27. The van der Waals surface area contributed by atoms with Gasteiger partial charge in [-0.2, -0.15) is 0 Å². The molecular formula is C22H20N2O5. The molecule has 4 aromatic rings. The minimum Gasteiger partial charge on any atom is -0.494 e. The zero-order chi connectivity index (χ0) is 20.4. The second-order valence-electron chi connectivity index (χ2n) is 6.59. The van der Waals surface area contributed by atoms with E-state index in [-0.39, 0.29) is 18.3 Å². The minimum atomic E-state index is -0.591. The predicted octanol–water partition coefficient (Wildman–Crippen LogP) is 4.86. The van der Waals surface area contributed by atoms with Gasteiger partial charge in [-0.05, 0) is 51.1 Å². The molecule has 4 rings (SSSR count). The number of aromatic nitrogens is 2. The number of carbonyl (C=O) groups excluding carboxylic acids is 1. The van der Waals surface area contributed by atoms with Crippen LogP contribution in [0.25, 0.3) is 22.4 Å². The summed E-state index contributed by atoms with van der Waals surface area (Å²) in [4.78, 5) is 12.5. The third-order valence-corrected chi connectivity index (χ3v) is 4.46. The third kappa shape index (κ3) is 3.85. The second kappa shape index (κ2) is 7.79. The van der Waals surface area contributed by atoms with Crippen LogP contribution in [0.15, 0.2) is 51.3 Å². The molecule has 0 spiro atoms. The lowest BCUT2D eigenvalue weighted by molar-refractivity contribution is 0.0404. The maximum absolute atomic E-state index is 12.5. The van der Waals surface area contributed by atoms with E-state index in [4.69, 9.17) is 18.3 Å². The van der Waals surface area contributed by atoms with Crippen LogP contribution in [0.5, 0.6) is 5.75 Å². The van der Waals surface area contributed by atoms with Gasteiger partial charge < -0.3 is 18.3 Å². The Morgan fingerprint density at radius 1 is 1.07 bits per heavy atom. The lowest BCUT2D eigenvalue weighted by atomic mass is 10.1. The minimum absolute atomic E-state index is 0.141. The summed E-state index contributed by atoms with van der Waals surface area (Å²) >= 11 is 0. The molecular weight excluding hydrogens is 372 g/mol. The van der Waals surface area contributed by atoms with Crippen LogP contribution in [-0.2, 0) is 11.3 Å². The van der Waals surface area contributed by atoms with E-state index < -0.39 is 5.97 Å². The SMILES string of the molecule is CCOc1ccc2oc(C(=O)OCc3nnc(-c4cccc(C)c4)o3)c(C)c2c1. The second-order valence-corrected chi connectivity index (χ2v) is 6.59. The van der Waals surface area contributed by atoms with E-state index in [2.05, 4.69) is 10.2 Å². The van der Waals surface area contributed by atoms with Crippen LogP contribution in [0.4, 0.5) is 0 Å². The van der Waals surface area contributed by atoms with Crippen LogP contribution < -0.4 is 4.74 Å². The van der Waals surface area contributed by atoms with Crippen molar-refractivity contribution < 1.29 is 23.1 Å². The fraction of sp³-hybridized carbons (Fsp3) is 0.227. The molecule has 2 aromatic heterocycles. The number of nitrogens with zero attached hydrogens (tertiary/aromatic N) is 2. The van der Waals surface area contributed by atoms with Gasteiger partial charge in [0.05, 0.1) is 6.61 Å². The molecule has 0 aliphatic rings. The molecule has 148 valence electrons. The first-order chi connectivity index (χ1) is 14.0. The van der Waals surface area contributed by atoms with Crippen LogP contribution in [0.2, 0.25) is 0 Å². The molecule has 2 heterocycles. The maximum Gasteiger partial charge on any atom is 0.375 e. The van der Waals surface area contributed by atoms with Gasteiger partial charge in [-0.3, -0.25) is 0 Å². The Labute approximate surface area is 167 Å². The van der Waals surface area contributed by atoms with Crippen LogP contribution in [0.3, 0.4) is 0 Å². The molecule has 0 saturated heterocycles. The number of carbonyl (C=O) groups is 1.